The molecule has 0 aromatic heterocycles. The van der Waals surface area contributed by atoms with Crippen molar-refractivity contribution >= 4 is 10.4 Å². The highest BCUT2D eigenvalue weighted by Crippen LogP contribution is 2.01. The molecular formula is C10H22O6S. The minimum atomic E-state index is -3.84. The molecule has 0 aliphatic carbocycles. The van der Waals surface area contributed by atoms with Crippen LogP contribution in [0.25, 0.3) is 0 Å². The van der Waals surface area contributed by atoms with Crippen molar-refractivity contribution in [1.82, 2.24) is 0 Å². The maximum Gasteiger partial charge on any atom is 0.399 e. The van der Waals surface area contributed by atoms with Crippen molar-refractivity contribution in [3.63, 3.8) is 0 Å². The molecule has 0 fully saturated rings. The van der Waals surface area contributed by atoms with Crippen LogP contribution >= 0.6 is 0 Å². The van der Waals surface area contributed by atoms with Gasteiger partial charge >= 0.3 is 10.4 Å². The summed E-state index contributed by atoms with van der Waals surface area (Å²) in [7, 11) is -0.642. The van der Waals surface area contributed by atoms with E-state index in [1.807, 2.05) is 0 Å². The Morgan fingerprint density at radius 1 is 0.706 bits per heavy atom. The van der Waals surface area contributed by atoms with Crippen molar-refractivity contribution in [1.29, 1.82) is 0 Å². The summed E-state index contributed by atoms with van der Waals surface area (Å²) in [6.45, 7) is 1.45. The van der Waals surface area contributed by atoms with Crippen LogP contribution in [-0.4, -0.2) is 49.1 Å². The summed E-state index contributed by atoms with van der Waals surface area (Å²) in [6, 6.07) is 0. The number of rotatable bonds is 12. The Morgan fingerprint density at radius 2 is 1.06 bits per heavy atom. The van der Waals surface area contributed by atoms with Gasteiger partial charge in [0, 0.05) is 27.4 Å². The molecule has 0 saturated carbocycles. The Labute approximate surface area is 104 Å². The van der Waals surface area contributed by atoms with Gasteiger partial charge in [-0.15, -0.1) is 0 Å². The molecule has 0 unspecified atom stereocenters. The predicted octanol–water partition coefficient (Wildman–Crippen LogP) is 1.12. The highest BCUT2D eigenvalue weighted by molar-refractivity contribution is 7.81. The summed E-state index contributed by atoms with van der Waals surface area (Å²) in [6.07, 6.45) is 2.78. The van der Waals surface area contributed by atoms with Crippen molar-refractivity contribution in [3.05, 3.63) is 0 Å². The maximum absolute atomic E-state index is 11.2. The first-order valence-electron chi connectivity index (χ1n) is 5.64. The molecule has 0 aromatic carbocycles. The van der Waals surface area contributed by atoms with E-state index in [0.717, 1.165) is 12.8 Å². The van der Waals surface area contributed by atoms with Crippen LogP contribution in [0.4, 0.5) is 0 Å². The Hall–Kier alpha value is -0.210. The van der Waals surface area contributed by atoms with Gasteiger partial charge in [-0.25, -0.2) is 8.37 Å². The number of unbranched alkanes of at least 4 members (excludes halogenated alkanes) is 2. The smallest absolute Gasteiger partial charge is 0.385 e. The van der Waals surface area contributed by atoms with Gasteiger partial charge in [0.2, 0.25) is 0 Å². The van der Waals surface area contributed by atoms with Crippen LogP contribution in [0, 0.1) is 0 Å². The second-order valence-corrected chi connectivity index (χ2v) is 4.74. The zero-order valence-electron chi connectivity index (χ0n) is 10.5. The van der Waals surface area contributed by atoms with Gasteiger partial charge in [-0.2, -0.15) is 8.42 Å². The van der Waals surface area contributed by atoms with Crippen molar-refractivity contribution in [2.45, 2.75) is 25.7 Å². The Bertz CT molecular complexity index is 232. The number of ether oxygens (including phenoxy) is 2. The SMILES string of the molecule is COCCCCOS(=O)(=O)OCCCCOC. The molecule has 0 spiro atoms. The first-order valence-corrected chi connectivity index (χ1v) is 6.97. The van der Waals surface area contributed by atoms with Crippen LogP contribution in [0.1, 0.15) is 25.7 Å². The lowest BCUT2D eigenvalue weighted by Crippen LogP contribution is -2.12. The lowest BCUT2D eigenvalue weighted by Gasteiger charge is -2.05. The second-order valence-electron chi connectivity index (χ2n) is 3.45. The Morgan fingerprint density at radius 3 is 1.41 bits per heavy atom. The van der Waals surface area contributed by atoms with Crippen LogP contribution in [0.2, 0.25) is 0 Å². The summed E-state index contributed by atoms with van der Waals surface area (Å²) >= 11 is 0. The molecule has 104 valence electrons. The zero-order chi connectivity index (χ0) is 13.0. The third-order valence-electron chi connectivity index (χ3n) is 1.94. The molecule has 0 saturated heterocycles. The fourth-order valence-corrected chi connectivity index (χ4v) is 1.76. The summed E-state index contributed by atoms with van der Waals surface area (Å²) in [4.78, 5) is 0. The summed E-state index contributed by atoms with van der Waals surface area (Å²) in [5, 5.41) is 0. The van der Waals surface area contributed by atoms with E-state index in [9.17, 15) is 8.42 Å². The lowest BCUT2D eigenvalue weighted by molar-refractivity contribution is 0.167. The van der Waals surface area contributed by atoms with Gasteiger partial charge in [-0.05, 0) is 25.7 Å². The van der Waals surface area contributed by atoms with E-state index >= 15 is 0 Å². The first kappa shape index (κ1) is 16.8. The number of hydrogen-bond acceptors (Lipinski definition) is 6. The van der Waals surface area contributed by atoms with Gasteiger partial charge < -0.3 is 9.47 Å². The molecule has 0 aromatic rings. The van der Waals surface area contributed by atoms with Crippen LogP contribution in [0.3, 0.4) is 0 Å². The van der Waals surface area contributed by atoms with E-state index in [4.69, 9.17) is 9.47 Å². The molecule has 7 heteroatoms. The number of methoxy groups -OCH3 is 2. The van der Waals surface area contributed by atoms with Crippen molar-refractivity contribution < 1.29 is 26.3 Å². The van der Waals surface area contributed by atoms with Crippen LogP contribution in [0.5, 0.6) is 0 Å². The average Bonchev–Trinajstić information content (AvgIpc) is 2.28. The van der Waals surface area contributed by atoms with Crippen molar-refractivity contribution in [3.8, 4) is 0 Å². The fraction of sp³-hybridized carbons (Fsp3) is 1.00. The predicted molar refractivity (Wildman–Crippen MR) is 63.0 cm³/mol. The normalized spacial score (nSPS) is 11.9. The lowest BCUT2D eigenvalue weighted by atomic mass is 10.3. The largest absolute Gasteiger partial charge is 0.399 e. The first-order chi connectivity index (χ1) is 8.12. The molecule has 0 aliphatic rings. The molecule has 0 heterocycles. The van der Waals surface area contributed by atoms with Gasteiger partial charge in [0.05, 0.1) is 13.2 Å². The zero-order valence-corrected chi connectivity index (χ0v) is 11.3. The Kier molecular flexibility index (Phi) is 10.8. The van der Waals surface area contributed by atoms with E-state index < -0.39 is 10.4 Å². The highest BCUT2D eigenvalue weighted by atomic mass is 32.3. The molecule has 0 N–H and O–H groups in total. The highest BCUT2D eigenvalue weighted by Gasteiger charge is 2.10. The molecule has 6 nitrogen and oxygen atoms in total. The van der Waals surface area contributed by atoms with E-state index in [2.05, 4.69) is 8.37 Å². The monoisotopic (exact) mass is 270 g/mol. The fourth-order valence-electron chi connectivity index (χ4n) is 1.05. The second kappa shape index (κ2) is 10.9. The molecule has 0 rings (SSSR count). The summed E-state index contributed by atoms with van der Waals surface area (Å²) in [5.74, 6) is 0. The molecule has 0 amide bonds. The van der Waals surface area contributed by atoms with Gasteiger partial charge in [-0.1, -0.05) is 0 Å². The quantitative estimate of drug-likeness (QED) is 0.495. The van der Waals surface area contributed by atoms with Crippen molar-refractivity contribution in [2.24, 2.45) is 0 Å². The minimum Gasteiger partial charge on any atom is -0.385 e. The van der Waals surface area contributed by atoms with E-state index in [1.54, 1.807) is 14.2 Å². The van der Waals surface area contributed by atoms with E-state index in [0.29, 0.717) is 26.1 Å². The maximum atomic E-state index is 11.2. The minimum absolute atomic E-state index is 0.129. The average molecular weight is 270 g/mol. The molecule has 0 atom stereocenters. The third-order valence-corrected chi connectivity index (χ3v) is 2.85. The van der Waals surface area contributed by atoms with Crippen LogP contribution in [-0.2, 0) is 28.2 Å². The van der Waals surface area contributed by atoms with E-state index in [-0.39, 0.29) is 13.2 Å². The van der Waals surface area contributed by atoms with Gasteiger partial charge in [0.15, 0.2) is 0 Å². The molecule has 17 heavy (non-hydrogen) atoms. The summed E-state index contributed by atoms with van der Waals surface area (Å²) in [5.41, 5.74) is 0. The number of hydrogen-bond donors (Lipinski definition) is 0. The Balaban J connectivity index is 3.46. The molecule has 0 aliphatic heterocycles. The summed E-state index contributed by atoms with van der Waals surface area (Å²) < 4.78 is 41.3. The molecule has 0 radical (unpaired) electrons. The van der Waals surface area contributed by atoms with Gasteiger partial charge in [0.25, 0.3) is 0 Å². The van der Waals surface area contributed by atoms with Gasteiger partial charge in [0.1, 0.15) is 0 Å². The van der Waals surface area contributed by atoms with E-state index in [1.165, 1.54) is 0 Å². The van der Waals surface area contributed by atoms with Crippen molar-refractivity contribution in [2.75, 3.05) is 40.6 Å². The standard InChI is InChI=1S/C10H22O6S/c1-13-7-3-5-9-15-17(11,12)16-10-6-4-8-14-2/h3-10H2,1-2H3. The van der Waals surface area contributed by atoms with Crippen LogP contribution < -0.4 is 0 Å². The third kappa shape index (κ3) is 12.0. The molecule has 0 bridgehead atoms. The molecular weight excluding hydrogens is 248 g/mol. The van der Waals surface area contributed by atoms with Crippen LogP contribution in [0.15, 0.2) is 0 Å². The topological polar surface area (TPSA) is 71.1 Å². The van der Waals surface area contributed by atoms with Gasteiger partial charge in [-0.3, -0.25) is 0 Å².